The van der Waals surface area contributed by atoms with Crippen LogP contribution in [-0.2, 0) is 20.7 Å². The van der Waals surface area contributed by atoms with Gasteiger partial charge < -0.3 is 20.5 Å². The molecule has 0 aromatic heterocycles. The Kier molecular flexibility index (Phi) is 12.6. The number of alkyl carbamates (subject to hydrolysis) is 1. The van der Waals surface area contributed by atoms with Crippen LogP contribution in [0.25, 0.3) is 11.1 Å². The SMILES string of the molecule is CC[C@H](C)[C@H](NC(=O)[C@@H](CC(C)C)NC(=O)OCC1c2ccccc2-c2ccccc21)C(=O)SN[C@H](CO)Cc1ccccc1. The summed E-state index contributed by atoms with van der Waals surface area (Å²) >= 11 is 0.897. The number of aliphatic hydroxyl groups excluding tert-OH is 1. The van der Waals surface area contributed by atoms with Gasteiger partial charge in [0.05, 0.1) is 6.61 Å². The molecule has 0 spiro atoms. The normalized spacial score (nSPS) is 15.0. The van der Waals surface area contributed by atoms with Gasteiger partial charge in [0.15, 0.2) is 0 Å². The third-order valence-electron chi connectivity index (χ3n) is 8.30. The van der Waals surface area contributed by atoms with Crippen LogP contribution in [-0.4, -0.2) is 53.6 Å². The molecule has 0 bridgehead atoms. The molecular weight excluding hydrogens is 586 g/mol. The first-order valence-electron chi connectivity index (χ1n) is 15.7. The summed E-state index contributed by atoms with van der Waals surface area (Å²) in [6.07, 6.45) is 0.927. The van der Waals surface area contributed by atoms with Crippen molar-refractivity contribution < 1.29 is 24.2 Å². The van der Waals surface area contributed by atoms with E-state index in [9.17, 15) is 19.5 Å². The first kappa shape index (κ1) is 34.2. The van der Waals surface area contributed by atoms with Crippen molar-refractivity contribution >= 4 is 29.1 Å². The highest BCUT2D eigenvalue weighted by Crippen LogP contribution is 2.44. The van der Waals surface area contributed by atoms with E-state index in [1.54, 1.807) is 0 Å². The summed E-state index contributed by atoms with van der Waals surface area (Å²) < 4.78 is 8.79. The lowest BCUT2D eigenvalue weighted by atomic mass is 9.98. The zero-order valence-electron chi connectivity index (χ0n) is 26.5. The quantitative estimate of drug-likeness (QED) is 0.156. The van der Waals surface area contributed by atoms with Crippen LogP contribution in [0.5, 0.6) is 0 Å². The van der Waals surface area contributed by atoms with Crippen LogP contribution in [0, 0.1) is 11.8 Å². The first-order valence-corrected chi connectivity index (χ1v) is 16.6. The lowest BCUT2D eigenvalue weighted by Gasteiger charge is -2.27. The molecule has 4 rings (SSSR count). The second-order valence-electron chi connectivity index (χ2n) is 12.1. The average molecular weight is 632 g/mol. The van der Waals surface area contributed by atoms with Gasteiger partial charge in [-0.05, 0) is 64.4 Å². The molecule has 0 fully saturated rings. The molecule has 240 valence electrons. The Morgan fingerprint density at radius 2 is 1.47 bits per heavy atom. The van der Waals surface area contributed by atoms with Crippen molar-refractivity contribution in [2.24, 2.45) is 11.8 Å². The lowest BCUT2D eigenvalue weighted by Crippen LogP contribution is -2.53. The van der Waals surface area contributed by atoms with E-state index in [1.807, 2.05) is 82.3 Å². The van der Waals surface area contributed by atoms with E-state index in [0.29, 0.717) is 19.3 Å². The third kappa shape index (κ3) is 9.19. The van der Waals surface area contributed by atoms with Gasteiger partial charge >= 0.3 is 6.09 Å². The molecule has 0 heterocycles. The van der Waals surface area contributed by atoms with Crippen molar-refractivity contribution in [3.05, 3.63) is 95.6 Å². The molecule has 0 saturated heterocycles. The summed E-state index contributed by atoms with van der Waals surface area (Å²) in [7, 11) is 0. The second kappa shape index (κ2) is 16.6. The van der Waals surface area contributed by atoms with Crippen LogP contribution in [0.15, 0.2) is 78.9 Å². The molecular formula is C36H45N3O5S. The Hall–Kier alpha value is -3.66. The fraction of sp³-hybridized carbons (Fsp3) is 0.417. The number of hydrogen-bond donors (Lipinski definition) is 4. The lowest BCUT2D eigenvalue weighted by molar-refractivity contribution is -0.127. The Morgan fingerprint density at radius 1 is 0.867 bits per heavy atom. The monoisotopic (exact) mass is 631 g/mol. The summed E-state index contributed by atoms with van der Waals surface area (Å²) in [5, 5.41) is 15.3. The van der Waals surface area contributed by atoms with Crippen molar-refractivity contribution in [3.63, 3.8) is 0 Å². The van der Waals surface area contributed by atoms with Gasteiger partial charge in [-0.3, -0.25) is 14.3 Å². The van der Waals surface area contributed by atoms with Crippen LogP contribution in [0.2, 0.25) is 0 Å². The third-order valence-corrected chi connectivity index (χ3v) is 9.20. The molecule has 45 heavy (non-hydrogen) atoms. The van der Waals surface area contributed by atoms with E-state index in [1.165, 1.54) is 0 Å². The molecule has 4 atom stereocenters. The van der Waals surface area contributed by atoms with Crippen molar-refractivity contribution in [2.75, 3.05) is 13.2 Å². The molecule has 9 heteroatoms. The Balaban J connectivity index is 1.37. The van der Waals surface area contributed by atoms with E-state index >= 15 is 0 Å². The number of amides is 2. The topological polar surface area (TPSA) is 117 Å². The molecule has 2 amide bonds. The van der Waals surface area contributed by atoms with Gasteiger partial charge in [0.1, 0.15) is 18.7 Å². The maximum absolute atomic E-state index is 13.6. The largest absolute Gasteiger partial charge is 0.449 e. The zero-order chi connectivity index (χ0) is 32.3. The van der Waals surface area contributed by atoms with Crippen LogP contribution in [0.3, 0.4) is 0 Å². The number of carbonyl (C=O) groups excluding carboxylic acids is 3. The zero-order valence-corrected chi connectivity index (χ0v) is 27.3. The summed E-state index contributed by atoms with van der Waals surface area (Å²) in [6, 6.07) is 24.0. The van der Waals surface area contributed by atoms with Gasteiger partial charge in [0.25, 0.3) is 0 Å². The fourth-order valence-electron chi connectivity index (χ4n) is 5.66. The fourth-order valence-corrected chi connectivity index (χ4v) is 6.51. The van der Waals surface area contributed by atoms with Crippen LogP contribution >= 0.6 is 11.9 Å². The van der Waals surface area contributed by atoms with Gasteiger partial charge in [-0.2, -0.15) is 0 Å². The predicted octanol–water partition coefficient (Wildman–Crippen LogP) is 5.84. The van der Waals surface area contributed by atoms with E-state index in [-0.39, 0.29) is 42.1 Å². The first-order chi connectivity index (χ1) is 21.7. The minimum Gasteiger partial charge on any atom is -0.449 e. The maximum atomic E-state index is 13.6. The number of benzene rings is 3. The molecule has 4 N–H and O–H groups in total. The van der Waals surface area contributed by atoms with Gasteiger partial charge in [0.2, 0.25) is 11.0 Å². The number of aliphatic hydroxyl groups is 1. The standard InChI is InChI=1S/C36H45N3O5S/c1-5-24(4)33(35(42)45-39-26(21-40)20-25-13-7-6-8-14-25)38-34(41)32(19-23(2)3)37-36(43)44-22-31-29-17-11-9-15-27(29)28-16-10-12-18-30(28)31/h6-18,23-24,26,31-33,39-40H,5,19-22H2,1-4H3,(H,37,43)(H,38,41)/t24-,26-,32+,33-/m0/s1. The number of nitrogens with one attached hydrogen (secondary N) is 3. The van der Waals surface area contributed by atoms with E-state index in [2.05, 4.69) is 39.6 Å². The highest BCUT2D eigenvalue weighted by atomic mass is 32.2. The van der Waals surface area contributed by atoms with Crippen molar-refractivity contribution in [3.8, 4) is 11.1 Å². The molecule has 3 aromatic carbocycles. The van der Waals surface area contributed by atoms with E-state index < -0.39 is 24.1 Å². The molecule has 1 aliphatic carbocycles. The summed E-state index contributed by atoms with van der Waals surface area (Å²) in [5.41, 5.74) is 5.53. The van der Waals surface area contributed by atoms with Gasteiger partial charge in [0, 0.05) is 12.0 Å². The number of ether oxygens (including phenoxy) is 1. The number of hydrogen-bond acceptors (Lipinski definition) is 7. The van der Waals surface area contributed by atoms with E-state index in [4.69, 9.17) is 4.74 Å². The maximum Gasteiger partial charge on any atom is 0.407 e. The molecule has 3 aromatic rings. The van der Waals surface area contributed by atoms with Crippen molar-refractivity contribution in [2.45, 2.75) is 71.0 Å². The summed E-state index contributed by atoms with van der Waals surface area (Å²) in [5.74, 6) is -0.570. The highest BCUT2D eigenvalue weighted by Gasteiger charge is 2.32. The number of rotatable bonds is 15. The highest BCUT2D eigenvalue weighted by molar-refractivity contribution is 8.12. The van der Waals surface area contributed by atoms with Gasteiger partial charge in [-0.1, -0.05) is 113 Å². The van der Waals surface area contributed by atoms with Gasteiger partial charge in [-0.15, -0.1) is 0 Å². The average Bonchev–Trinajstić information content (AvgIpc) is 3.37. The summed E-state index contributed by atoms with van der Waals surface area (Å²) in [6.45, 7) is 7.81. The predicted molar refractivity (Wildman–Crippen MR) is 180 cm³/mol. The van der Waals surface area contributed by atoms with E-state index in [0.717, 1.165) is 39.8 Å². The molecule has 0 saturated carbocycles. The van der Waals surface area contributed by atoms with Crippen molar-refractivity contribution in [1.82, 2.24) is 15.4 Å². The smallest absolute Gasteiger partial charge is 0.407 e. The number of fused-ring (bicyclic) bond motifs is 3. The number of carbonyl (C=O) groups is 3. The molecule has 0 radical (unpaired) electrons. The molecule has 8 nitrogen and oxygen atoms in total. The molecule has 0 aliphatic heterocycles. The minimum absolute atomic E-state index is 0.0953. The Morgan fingerprint density at radius 3 is 2.04 bits per heavy atom. The van der Waals surface area contributed by atoms with Crippen molar-refractivity contribution in [1.29, 1.82) is 0 Å². The minimum atomic E-state index is -0.874. The Bertz CT molecular complexity index is 1390. The Labute approximate surface area is 270 Å². The molecule has 0 unspecified atom stereocenters. The second-order valence-corrected chi connectivity index (χ2v) is 13.0. The van der Waals surface area contributed by atoms with Crippen LogP contribution in [0.4, 0.5) is 4.79 Å². The van der Waals surface area contributed by atoms with Crippen LogP contribution in [0.1, 0.15) is 63.1 Å². The summed E-state index contributed by atoms with van der Waals surface area (Å²) in [4.78, 5) is 40.0. The molecule has 1 aliphatic rings. The van der Waals surface area contributed by atoms with Gasteiger partial charge in [-0.25, -0.2) is 4.79 Å². The van der Waals surface area contributed by atoms with Crippen LogP contribution < -0.4 is 15.4 Å².